The molecule has 1 fully saturated rings. The zero-order valence-electron chi connectivity index (χ0n) is 17.8. The average Bonchev–Trinajstić information content (AvgIpc) is 2.84. The second-order valence-electron chi connectivity index (χ2n) is 7.77. The van der Waals surface area contributed by atoms with Crippen LogP contribution in [0.15, 0.2) is 76.9 Å². The maximum Gasteiger partial charge on any atom is 0.225 e. The number of benzene rings is 2. The molecule has 1 aliphatic heterocycles. The topological polar surface area (TPSA) is 58.1 Å². The Kier molecular flexibility index (Phi) is 7.20. The van der Waals surface area contributed by atoms with Crippen LogP contribution in [-0.4, -0.2) is 29.0 Å². The molecule has 1 saturated heterocycles. The van der Waals surface area contributed by atoms with Gasteiger partial charge in [-0.25, -0.2) is 9.97 Å². The number of nitrogens with one attached hydrogen (secondary N) is 1. The Morgan fingerprint density at radius 2 is 1.81 bits per heavy atom. The van der Waals surface area contributed by atoms with Gasteiger partial charge in [0.2, 0.25) is 5.91 Å². The van der Waals surface area contributed by atoms with Gasteiger partial charge in [0, 0.05) is 36.9 Å². The van der Waals surface area contributed by atoms with E-state index in [1.165, 1.54) is 5.56 Å². The van der Waals surface area contributed by atoms with E-state index in [1.54, 1.807) is 24.2 Å². The van der Waals surface area contributed by atoms with E-state index < -0.39 is 0 Å². The van der Waals surface area contributed by atoms with Crippen LogP contribution in [-0.2, 0) is 17.8 Å². The van der Waals surface area contributed by atoms with E-state index >= 15 is 0 Å². The molecule has 1 aliphatic rings. The van der Waals surface area contributed by atoms with Gasteiger partial charge in [-0.1, -0.05) is 61.2 Å². The number of aromatic nitrogens is 2. The molecule has 3 aromatic rings. The molecule has 1 aromatic heterocycles. The van der Waals surface area contributed by atoms with E-state index in [4.69, 9.17) is 0 Å². The van der Waals surface area contributed by atoms with Crippen LogP contribution in [0, 0.1) is 5.92 Å². The monoisotopic (exact) mass is 432 g/mol. The van der Waals surface area contributed by atoms with Gasteiger partial charge < -0.3 is 10.2 Å². The van der Waals surface area contributed by atoms with E-state index in [9.17, 15) is 4.79 Å². The lowest BCUT2D eigenvalue weighted by atomic mass is 9.97. The Bertz CT molecular complexity index is 994. The molecule has 4 rings (SSSR count). The highest BCUT2D eigenvalue weighted by atomic mass is 32.2. The van der Waals surface area contributed by atoms with Gasteiger partial charge in [-0.3, -0.25) is 4.79 Å². The Balaban J connectivity index is 1.39. The normalized spacial score (nSPS) is 16.2. The molecule has 0 radical (unpaired) electrons. The van der Waals surface area contributed by atoms with Gasteiger partial charge in [0.1, 0.15) is 5.03 Å². The predicted molar refractivity (Wildman–Crippen MR) is 125 cm³/mol. The molecule has 0 spiro atoms. The third kappa shape index (κ3) is 5.64. The molecule has 6 heteroatoms. The van der Waals surface area contributed by atoms with Crippen molar-refractivity contribution in [2.45, 2.75) is 42.7 Å². The van der Waals surface area contributed by atoms with Crippen molar-refractivity contribution in [3.05, 3.63) is 78.1 Å². The largest absolute Gasteiger partial charge is 0.354 e. The summed E-state index contributed by atoms with van der Waals surface area (Å²) in [6.45, 7) is 4.27. The summed E-state index contributed by atoms with van der Waals surface area (Å²) in [6.07, 6.45) is 6.35. The number of amides is 1. The molecule has 1 N–H and O–H groups in total. The van der Waals surface area contributed by atoms with Gasteiger partial charge in [0.15, 0.2) is 5.82 Å². The Hall–Kier alpha value is -2.86. The first-order valence-corrected chi connectivity index (χ1v) is 11.7. The molecule has 1 unspecified atom stereocenters. The minimum Gasteiger partial charge on any atom is -0.354 e. The average molecular weight is 433 g/mol. The summed E-state index contributed by atoms with van der Waals surface area (Å²) in [7, 11) is 0. The molecule has 1 atom stereocenters. The Morgan fingerprint density at radius 1 is 1.06 bits per heavy atom. The molecular formula is C25H28N4OS. The van der Waals surface area contributed by atoms with E-state index in [0.717, 1.165) is 47.1 Å². The zero-order chi connectivity index (χ0) is 21.5. The molecule has 0 aliphatic carbocycles. The quantitative estimate of drug-likeness (QED) is 0.585. The van der Waals surface area contributed by atoms with Crippen LogP contribution < -0.4 is 10.2 Å². The van der Waals surface area contributed by atoms with Crippen LogP contribution in [0.1, 0.15) is 30.9 Å². The second-order valence-corrected chi connectivity index (χ2v) is 8.84. The molecular weight excluding hydrogens is 404 g/mol. The smallest absolute Gasteiger partial charge is 0.225 e. The number of piperidine rings is 1. The highest BCUT2D eigenvalue weighted by molar-refractivity contribution is 7.99. The van der Waals surface area contributed by atoms with Crippen molar-refractivity contribution < 1.29 is 4.79 Å². The number of rotatable bonds is 7. The lowest BCUT2D eigenvalue weighted by Crippen LogP contribution is -2.43. The predicted octanol–water partition coefficient (Wildman–Crippen LogP) is 4.72. The fraction of sp³-hybridized carbons (Fsp3) is 0.320. The number of carbonyl (C=O) groups excluding carboxylic acids is 1. The van der Waals surface area contributed by atoms with Crippen LogP contribution >= 0.6 is 11.8 Å². The lowest BCUT2D eigenvalue weighted by Gasteiger charge is -2.33. The summed E-state index contributed by atoms with van der Waals surface area (Å²) in [5.41, 5.74) is 2.44. The summed E-state index contributed by atoms with van der Waals surface area (Å²) in [4.78, 5) is 25.4. The number of carbonyl (C=O) groups is 1. The standard InChI is InChI=1S/C25H28N4OS/c1-2-19-10-12-20(13-11-19)17-28-24(30)21-7-6-16-29(18-21)23-25(27-15-14-26-23)31-22-8-4-3-5-9-22/h3-5,8-15,21H,2,6-7,16-18H2,1H3,(H,28,30). The number of hydrogen-bond donors (Lipinski definition) is 1. The minimum atomic E-state index is -0.0414. The maximum atomic E-state index is 12.9. The van der Waals surface area contributed by atoms with Gasteiger partial charge >= 0.3 is 0 Å². The summed E-state index contributed by atoms with van der Waals surface area (Å²) >= 11 is 1.61. The number of nitrogens with zero attached hydrogens (tertiary/aromatic N) is 3. The van der Waals surface area contributed by atoms with Crippen LogP contribution in [0.25, 0.3) is 0 Å². The van der Waals surface area contributed by atoms with Crippen molar-refractivity contribution in [1.29, 1.82) is 0 Å². The minimum absolute atomic E-state index is 0.0414. The molecule has 2 heterocycles. The third-order valence-corrected chi connectivity index (χ3v) is 6.58. The number of anilines is 1. The molecule has 5 nitrogen and oxygen atoms in total. The number of aryl methyl sites for hydroxylation is 1. The molecule has 0 bridgehead atoms. The van der Waals surface area contributed by atoms with Gasteiger partial charge in [-0.15, -0.1) is 0 Å². The van der Waals surface area contributed by atoms with Crippen LogP contribution in [0.4, 0.5) is 5.82 Å². The highest BCUT2D eigenvalue weighted by Gasteiger charge is 2.28. The van der Waals surface area contributed by atoms with Gasteiger partial charge in [0.25, 0.3) is 0 Å². The van der Waals surface area contributed by atoms with Crippen LogP contribution in [0.5, 0.6) is 0 Å². The van der Waals surface area contributed by atoms with E-state index in [1.807, 2.05) is 18.2 Å². The molecule has 2 aromatic carbocycles. The fourth-order valence-electron chi connectivity index (χ4n) is 3.82. The maximum absolute atomic E-state index is 12.9. The summed E-state index contributed by atoms with van der Waals surface area (Å²) < 4.78 is 0. The van der Waals surface area contributed by atoms with Crippen molar-refractivity contribution in [3.8, 4) is 0 Å². The molecule has 160 valence electrons. The molecule has 31 heavy (non-hydrogen) atoms. The first-order valence-electron chi connectivity index (χ1n) is 10.9. The van der Waals surface area contributed by atoms with E-state index in [2.05, 4.69) is 63.5 Å². The van der Waals surface area contributed by atoms with Gasteiger partial charge in [-0.05, 0) is 42.5 Å². The summed E-state index contributed by atoms with van der Waals surface area (Å²) in [5.74, 6) is 0.940. The summed E-state index contributed by atoms with van der Waals surface area (Å²) in [5, 5.41) is 4.01. The van der Waals surface area contributed by atoms with Gasteiger partial charge in [-0.2, -0.15) is 0 Å². The third-order valence-electron chi connectivity index (χ3n) is 5.59. The molecule has 0 saturated carbocycles. The fourth-order valence-corrected chi connectivity index (χ4v) is 4.72. The zero-order valence-corrected chi connectivity index (χ0v) is 18.6. The van der Waals surface area contributed by atoms with Crippen molar-refractivity contribution in [1.82, 2.24) is 15.3 Å². The van der Waals surface area contributed by atoms with Crippen molar-refractivity contribution in [2.75, 3.05) is 18.0 Å². The Labute approximate surface area is 188 Å². The first-order chi connectivity index (χ1) is 15.2. The highest BCUT2D eigenvalue weighted by Crippen LogP contribution is 2.33. The lowest BCUT2D eigenvalue weighted by molar-refractivity contribution is -0.125. The van der Waals surface area contributed by atoms with Gasteiger partial charge in [0.05, 0.1) is 5.92 Å². The summed E-state index contributed by atoms with van der Waals surface area (Å²) in [6, 6.07) is 18.6. The van der Waals surface area contributed by atoms with Crippen molar-refractivity contribution in [3.63, 3.8) is 0 Å². The molecule has 1 amide bonds. The van der Waals surface area contributed by atoms with Crippen LogP contribution in [0.2, 0.25) is 0 Å². The van der Waals surface area contributed by atoms with E-state index in [-0.39, 0.29) is 11.8 Å². The number of hydrogen-bond acceptors (Lipinski definition) is 5. The van der Waals surface area contributed by atoms with Crippen LogP contribution in [0.3, 0.4) is 0 Å². The van der Waals surface area contributed by atoms with Crippen molar-refractivity contribution >= 4 is 23.5 Å². The Morgan fingerprint density at radius 3 is 2.58 bits per heavy atom. The van der Waals surface area contributed by atoms with E-state index in [0.29, 0.717) is 13.1 Å². The first kappa shape index (κ1) is 21.4. The van der Waals surface area contributed by atoms with Crippen molar-refractivity contribution in [2.24, 2.45) is 5.92 Å². The second kappa shape index (κ2) is 10.4. The SMILES string of the molecule is CCc1ccc(CNC(=O)C2CCCN(c3nccnc3Sc3ccccc3)C2)cc1.